The first-order chi connectivity index (χ1) is 26.3. The van der Waals surface area contributed by atoms with Gasteiger partial charge in [0.05, 0.1) is 18.5 Å². The van der Waals surface area contributed by atoms with Crippen LogP contribution in [0.1, 0.15) is 62.5 Å². The van der Waals surface area contributed by atoms with Crippen LogP contribution in [0.15, 0.2) is 164 Å². The van der Waals surface area contributed by atoms with Crippen molar-refractivity contribution >= 4 is 40.9 Å². The van der Waals surface area contributed by atoms with Crippen molar-refractivity contribution in [1.82, 2.24) is 0 Å². The first kappa shape index (κ1) is 43.3. The van der Waals surface area contributed by atoms with Crippen LogP contribution in [0.4, 0.5) is 0 Å². The molecule has 0 bridgehead atoms. The standard InChI is InChI=1S/C19H18P.C15H18O2.C14H16O3.HI/c1-20(17-11-5-2-6-12-17,18-13-7-3-8-14-18)19-15-9-4-10-16-19;1-12-7-9-14(10-8-12)15(16)17-11-13-5-3-2-4-6-13;15-13-8-6-12(7-9-13)14(16)17-10-11-4-2-1-3-5-11;/h2-16H,1H3;2-6,14H,1,7-11H2;1-5,12H,6-10H2;1H/q+1;;;/p-1. The number of ketones is 1. The van der Waals surface area contributed by atoms with Crippen molar-refractivity contribution in [1.29, 1.82) is 0 Å². The highest BCUT2D eigenvalue weighted by atomic mass is 127. The average Bonchev–Trinajstić information content (AvgIpc) is 3.24. The summed E-state index contributed by atoms with van der Waals surface area (Å²) in [5, 5.41) is 4.28. The molecular formula is C48H52IO5P. The molecule has 7 heteroatoms. The van der Waals surface area contributed by atoms with Gasteiger partial charge in [0.2, 0.25) is 0 Å². The van der Waals surface area contributed by atoms with Crippen molar-refractivity contribution in [2.75, 3.05) is 6.66 Å². The van der Waals surface area contributed by atoms with Crippen molar-refractivity contribution in [2.45, 2.75) is 64.6 Å². The lowest BCUT2D eigenvalue weighted by molar-refractivity contribution is -0.152. The Balaban J connectivity index is 0.000000183. The minimum absolute atomic E-state index is 0. The molecular weight excluding hydrogens is 814 g/mol. The van der Waals surface area contributed by atoms with E-state index in [2.05, 4.69) is 104 Å². The third-order valence-corrected chi connectivity index (χ3v) is 14.2. The predicted molar refractivity (Wildman–Crippen MR) is 222 cm³/mol. The summed E-state index contributed by atoms with van der Waals surface area (Å²) in [5.74, 6) is 0.0282. The number of benzene rings is 5. The Morgan fingerprint density at radius 3 is 1.15 bits per heavy atom. The van der Waals surface area contributed by atoms with Gasteiger partial charge in [-0.1, -0.05) is 127 Å². The van der Waals surface area contributed by atoms with Crippen molar-refractivity contribution < 1.29 is 47.8 Å². The number of hydrogen-bond donors (Lipinski definition) is 0. The van der Waals surface area contributed by atoms with Gasteiger partial charge in [-0.25, -0.2) is 0 Å². The zero-order valence-electron chi connectivity index (χ0n) is 31.7. The SMILES string of the molecule is C=C1CCC(C(=O)OCc2ccccc2)CC1.C[P+](c1ccccc1)(c1ccccc1)c1ccccc1.O=C1CCC(C(=O)OCc2ccccc2)CC1.[I-]. The number of ether oxygens (including phenoxy) is 2. The van der Waals surface area contributed by atoms with Gasteiger partial charge in [0.25, 0.3) is 0 Å². The summed E-state index contributed by atoms with van der Waals surface area (Å²) in [6.07, 6.45) is 6.05. The zero-order chi connectivity index (χ0) is 38.0. The molecule has 5 nitrogen and oxygen atoms in total. The molecule has 0 unspecified atom stereocenters. The molecule has 5 aromatic rings. The maximum atomic E-state index is 11.8. The van der Waals surface area contributed by atoms with E-state index in [0.29, 0.717) is 38.9 Å². The van der Waals surface area contributed by atoms with Crippen LogP contribution < -0.4 is 39.9 Å². The van der Waals surface area contributed by atoms with Crippen LogP contribution in [0.25, 0.3) is 0 Å². The molecule has 2 aliphatic carbocycles. The molecule has 0 amide bonds. The molecule has 2 fully saturated rings. The van der Waals surface area contributed by atoms with E-state index in [-0.39, 0.29) is 53.5 Å². The molecule has 2 saturated carbocycles. The number of Topliss-reactive ketones (excluding diaryl/α,β-unsaturated/α-hetero) is 1. The van der Waals surface area contributed by atoms with Crippen molar-refractivity contribution in [3.8, 4) is 0 Å². The van der Waals surface area contributed by atoms with Crippen LogP contribution in [-0.2, 0) is 37.1 Å². The number of halogens is 1. The molecule has 0 atom stereocenters. The molecule has 0 radical (unpaired) electrons. The van der Waals surface area contributed by atoms with Gasteiger partial charge in [-0.2, -0.15) is 0 Å². The summed E-state index contributed by atoms with van der Waals surface area (Å²) >= 11 is 0. The second-order valence-electron chi connectivity index (χ2n) is 14.0. The number of carbonyl (C=O) groups is 3. The highest BCUT2D eigenvalue weighted by Gasteiger charge is 2.39. The van der Waals surface area contributed by atoms with E-state index in [0.717, 1.165) is 36.8 Å². The Morgan fingerprint density at radius 1 is 0.527 bits per heavy atom. The molecule has 55 heavy (non-hydrogen) atoms. The molecule has 0 aromatic heterocycles. The minimum Gasteiger partial charge on any atom is -1.00 e. The second kappa shape index (κ2) is 22.9. The fourth-order valence-corrected chi connectivity index (χ4v) is 9.96. The number of esters is 2. The zero-order valence-corrected chi connectivity index (χ0v) is 34.8. The Morgan fingerprint density at radius 2 is 0.818 bits per heavy atom. The largest absolute Gasteiger partial charge is 1.00 e. The summed E-state index contributed by atoms with van der Waals surface area (Å²) in [6, 6.07) is 52.1. The van der Waals surface area contributed by atoms with E-state index in [1.807, 2.05) is 60.7 Å². The van der Waals surface area contributed by atoms with E-state index in [9.17, 15) is 14.4 Å². The second-order valence-corrected chi connectivity index (χ2v) is 17.6. The van der Waals surface area contributed by atoms with Crippen molar-refractivity contribution in [2.24, 2.45) is 11.8 Å². The van der Waals surface area contributed by atoms with Gasteiger partial charge < -0.3 is 33.5 Å². The lowest BCUT2D eigenvalue weighted by Gasteiger charge is -2.22. The smallest absolute Gasteiger partial charge is 0.309 e. The average molecular weight is 867 g/mol. The van der Waals surface area contributed by atoms with Gasteiger partial charge in [-0.3, -0.25) is 14.4 Å². The Labute approximate surface area is 344 Å². The van der Waals surface area contributed by atoms with Crippen LogP contribution in [0.2, 0.25) is 0 Å². The van der Waals surface area contributed by atoms with Gasteiger partial charge in [0, 0.05) is 12.8 Å². The summed E-state index contributed by atoms with van der Waals surface area (Å²) < 4.78 is 10.6. The summed E-state index contributed by atoms with van der Waals surface area (Å²) in [4.78, 5) is 34.6. The third kappa shape index (κ3) is 13.4. The lowest BCUT2D eigenvalue weighted by atomic mass is 9.87. The van der Waals surface area contributed by atoms with Gasteiger partial charge in [0.1, 0.15) is 42.2 Å². The fraction of sp³-hybridized carbons (Fsp3) is 0.271. The number of carbonyl (C=O) groups excluding carboxylic acids is 3. The number of rotatable bonds is 9. The molecule has 7 rings (SSSR count). The van der Waals surface area contributed by atoms with Crippen molar-refractivity contribution in [3.63, 3.8) is 0 Å². The van der Waals surface area contributed by atoms with Gasteiger partial charge in [-0.15, -0.1) is 0 Å². The summed E-state index contributed by atoms with van der Waals surface area (Å²) in [6.45, 7) is 7.07. The van der Waals surface area contributed by atoms with Crippen LogP contribution in [0.3, 0.4) is 0 Å². The van der Waals surface area contributed by atoms with E-state index >= 15 is 0 Å². The molecule has 0 saturated heterocycles. The fourth-order valence-electron chi connectivity index (χ4n) is 6.76. The number of hydrogen-bond acceptors (Lipinski definition) is 5. The highest BCUT2D eigenvalue weighted by Crippen LogP contribution is 2.51. The third-order valence-electron chi connectivity index (χ3n) is 10.2. The highest BCUT2D eigenvalue weighted by molar-refractivity contribution is 7.95. The van der Waals surface area contributed by atoms with E-state index in [1.54, 1.807) is 0 Å². The maximum Gasteiger partial charge on any atom is 0.309 e. The molecule has 286 valence electrons. The molecule has 5 aromatic carbocycles. The Kier molecular flexibility index (Phi) is 18.0. The summed E-state index contributed by atoms with van der Waals surface area (Å²) in [5.41, 5.74) is 3.30. The maximum absolute atomic E-state index is 11.8. The molecule has 0 aliphatic heterocycles. The Hall–Kier alpha value is -4.39. The first-order valence-corrected chi connectivity index (χ1v) is 21.2. The van der Waals surface area contributed by atoms with Gasteiger partial charge in [0.15, 0.2) is 0 Å². The summed E-state index contributed by atoms with van der Waals surface area (Å²) in [7, 11) is -1.53. The monoisotopic (exact) mass is 866 g/mol. The lowest BCUT2D eigenvalue weighted by Crippen LogP contribution is -3.00. The van der Waals surface area contributed by atoms with Crippen molar-refractivity contribution in [3.05, 3.63) is 175 Å². The van der Waals surface area contributed by atoms with Crippen LogP contribution in [-0.4, -0.2) is 24.4 Å². The topological polar surface area (TPSA) is 69.7 Å². The molecule has 2 aliphatic rings. The molecule has 0 heterocycles. The molecule has 0 spiro atoms. The molecule has 0 N–H and O–H groups in total. The minimum atomic E-state index is -1.53. The van der Waals surface area contributed by atoms with E-state index in [4.69, 9.17) is 9.47 Å². The predicted octanol–water partition coefficient (Wildman–Crippen LogP) is 6.58. The van der Waals surface area contributed by atoms with Gasteiger partial charge in [-0.05, 0) is 86.1 Å². The normalized spacial score (nSPS) is 14.5. The van der Waals surface area contributed by atoms with Gasteiger partial charge >= 0.3 is 11.9 Å². The quantitative estimate of drug-likeness (QED) is 0.0726. The number of allylic oxidation sites excluding steroid dienone is 1. The Bertz CT molecular complexity index is 1710. The van der Waals surface area contributed by atoms with Crippen LogP contribution in [0.5, 0.6) is 0 Å². The van der Waals surface area contributed by atoms with Crippen LogP contribution in [0, 0.1) is 11.8 Å². The first-order valence-electron chi connectivity index (χ1n) is 19.0. The van der Waals surface area contributed by atoms with E-state index < -0.39 is 7.26 Å². The van der Waals surface area contributed by atoms with Crippen LogP contribution >= 0.6 is 7.26 Å². The van der Waals surface area contributed by atoms with E-state index in [1.165, 1.54) is 21.5 Å².